The van der Waals surface area contributed by atoms with Gasteiger partial charge in [-0.05, 0) is 48.4 Å². The number of hydrogen-bond donors (Lipinski definition) is 2. The summed E-state index contributed by atoms with van der Waals surface area (Å²) in [7, 11) is 1.66. The van der Waals surface area contributed by atoms with Gasteiger partial charge in [0.2, 0.25) is 0 Å². The molecular formula is C22H23ClN4O3. The standard InChI is InChI=1S/C22H23ClN4O3/c1-3-12-24-22(29)20-19(13-25-27(20)2)26-21(28)16-6-4-15(5-7-16)14-30-18-10-8-17(23)9-11-18/h4-11,13H,3,12,14H2,1-2H3,(H,24,29)(H,26,28). The van der Waals surface area contributed by atoms with E-state index < -0.39 is 0 Å². The van der Waals surface area contributed by atoms with Gasteiger partial charge in [-0.1, -0.05) is 30.7 Å². The molecule has 0 saturated carbocycles. The molecule has 2 amide bonds. The van der Waals surface area contributed by atoms with Crippen molar-refractivity contribution in [2.45, 2.75) is 20.0 Å². The molecule has 0 saturated heterocycles. The highest BCUT2D eigenvalue weighted by molar-refractivity contribution is 6.30. The van der Waals surface area contributed by atoms with Crippen molar-refractivity contribution in [2.75, 3.05) is 11.9 Å². The molecule has 156 valence electrons. The van der Waals surface area contributed by atoms with E-state index in [1.54, 1.807) is 43.4 Å². The van der Waals surface area contributed by atoms with E-state index in [1.165, 1.54) is 10.9 Å². The molecule has 30 heavy (non-hydrogen) atoms. The van der Waals surface area contributed by atoms with E-state index in [0.29, 0.717) is 40.9 Å². The predicted octanol–water partition coefficient (Wildman–Crippen LogP) is 4.04. The summed E-state index contributed by atoms with van der Waals surface area (Å²) in [6.07, 6.45) is 2.28. The molecule has 0 aliphatic carbocycles. The Morgan fingerprint density at radius 2 is 1.77 bits per heavy atom. The van der Waals surface area contributed by atoms with E-state index in [9.17, 15) is 9.59 Å². The molecule has 0 aliphatic rings. The first-order chi connectivity index (χ1) is 14.5. The molecule has 0 atom stereocenters. The quantitative estimate of drug-likeness (QED) is 0.569. The Labute approximate surface area is 180 Å². The van der Waals surface area contributed by atoms with E-state index in [2.05, 4.69) is 15.7 Å². The fraction of sp³-hybridized carbons (Fsp3) is 0.227. The Morgan fingerprint density at radius 3 is 2.43 bits per heavy atom. The average molecular weight is 427 g/mol. The lowest BCUT2D eigenvalue weighted by atomic mass is 10.1. The second-order valence-electron chi connectivity index (χ2n) is 6.68. The van der Waals surface area contributed by atoms with Gasteiger partial charge in [0.25, 0.3) is 11.8 Å². The van der Waals surface area contributed by atoms with Gasteiger partial charge >= 0.3 is 0 Å². The monoisotopic (exact) mass is 426 g/mol. The lowest BCUT2D eigenvalue weighted by molar-refractivity contribution is 0.0945. The van der Waals surface area contributed by atoms with E-state index in [1.807, 2.05) is 19.1 Å². The first kappa shape index (κ1) is 21.4. The molecular weight excluding hydrogens is 404 g/mol. The van der Waals surface area contributed by atoms with Crippen LogP contribution in [0.4, 0.5) is 5.69 Å². The summed E-state index contributed by atoms with van der Waals surface area (Å²) >= 11 is 5.86. The number of ether oxygens (including phenoxy) is 1. The lowest BCUT2D eigenvalue weighted by Gasteiger charge is -2.09. The Morgan fingerprint density at radius 1 is 1.07 bits per heavy atom. The topological polar surface area (TPSA) is 85.2 Å². The fourth-order valence-corrected chi connectivity index (χ4v) is 2.89. The number of halogens is 1. The van der Waals surface area contributed by atoms with Crippen LogP contribution in [0.1, 0.15) is 39.8 Å². The average Bonchev–Trinajstić information content (AvgIpc) is 3.12. The number of carbonyl (C=O) groups excluding carboxylic acids is 2. The summed E-state index contributed by atoms with van der Waals surface area (Å²) in [6, 6.07) is 14.2. The molecule has 3 rings (SSSR count). The van der Waals surface area contributed by atoms with Gasteiger partial charge in [0.1, 0.15) is 18.1 Å². The highest BCUT2D eigenvalue weighted by atomic mass is 35.5. The zero-order valence-electron chi connectivity index (χ0n) is 16.8. The summed E-state index contributed by atoms with van der Waals surface area (Å²) in [5.74, 6) is 0.117. The number of amides is 2. The maximum absolute atomic E-state index is 12.6. The summed E-state index contributed by atoms with van der Waals surface area (Å²) in [5.41, 5.74) is 2.06. The van der Waals surface area contributed by atoms with E-state index in [-0.39, 0.29) is 11.8 Å². The highest BCUT2D eigenvalue weighted by Crippen LogP contribution is 2.18. The SMILES string of the molecule is CCCNC(=O)c1c(NC(=O)c2ccc(COc3ccc(Cl)cc3)cc2)cnn1C. The van der Waals surface area contributed by atoms with Gasteiger partial charge in [-0.15, -0.1) is 0 Å². The van der Waals surface area contributed by atoms with Crippen LogP contribution in [0.5, 0.6) is 5.75 Å². The minimum absolute atomic E-state index is 0.276. The Kier molecular flexibility index (Phi) is 7.08. The normalized spacial score (nSPS) is 10.5. The van der Waals surface area contributed by atoms with Gasteiger partial charge in [0.15, 0.2) is 0 Å². The van der Waals surface area contributed by atoms with Gasteiger partial charge in [0, 0.05) is 24.2 Å². The molecule has 7 nitrogen and oxygen atoms in total. The van der Waals surface area contributed by atoms with Crippen LogP contribution in [0, 0.1) is 0 Å². The number of anilines is 1. The molecule has 0 aliphatic heterocycles. The summed E-state index contributed by atoms with van der Waals surface area (Å²) in [6.45, 7) is 2.89. The second-order valence-corrected chi connectivity index (χ2v) is 7.12. The lowest BCUT2D eigenvalue weighted by Crippen LogP contribution is -2.27. The first-order valence-electron chi connectivity index (χ1n) is 9.56. The van der Waals surface area contributed by atoms with Gasteiger partial charge in [-0.2, -0.15) is 5.10 Å². The number of hydrogen-bond acceptors (Lipinski definition) is 4. The van der Waals surface area contributed by atoms with E-state index >= 15 is 0 Å². The number of rotatable bonds is 8. The maximum Gasteiger partial charge on any atom is 0.271 e. The molecule has 1 aromatic heterocycles. The number of aromatic nitrogens is 2. The summed E-state index contributed by atoms with van der Waals surface area (Å²) < 4.78 is 7.15. The number of carbonyl (C=O) groups is 2. The fourth-order valence-electron chi connectivity index (χ4n) is 2.76. The minimum Gasteiger partial charge on any atom is -0.489 e. The van der Waals surface area contributed by atoms with Gasteiger partial charge in [-0.25, -0.2) is 0 Å². The smallest absolute Gasteiger partial charge is 0.271 e. The zero-order valence-corrected chi connectivity index (χ0v) is 17.6. The van der Waals surface area contributed by atoms with Crippen molar-refractivity contribution < 1.29 is 14.3 Å². The van der Waals surface area contributed by atoms with Crippen molar-refractivity contribution in [1.29, 1.82) is 0 Å². The molecule has 0 radical (unpaired) electrons. The van der Waals surface area contributed by atoms with E-state index in [0.717, 1.165) is 12.0 Å². The largest absolute Gasteiger partial charge is 0.489 e. The predicted molar refractivity (Wildman–Crippen MR) is 116 cm³/mol. The maximum atomic E-state index is 12.6. The molecule has 0 unspecified atom stereocenters. The number of nitrogens with zero attached hydrogens (tertiary/aromatic N) is 2. The molecule has 2 aromatic carbocycles. The van der Waals surface area contributed by atoms with Gasteiger partial charge in [-0.3, -0.25) is 14.3 Å². The van der Waals surface area contributed by atoms with Crippen LogP contribution < -0.4 is 15.4 Å². The number of aryl methyl sites for hydroxylation is 1. The van der Waals surface area contributed by atoms with E-state index in [4.69, 9.17) is 16.3 Å². The van der Waals surface area contributed by atoms with Gasteiger partial charge in [0.05, 0.1) is 11.9 Å². The molecule has 1 heterocycles. The molecule has 8 heteroatoms. The molecule has 2 N–H and O–H groups in total. The van der Waals surface area contributed by atoms with Crippen molar-refractivity contribution in [1.82, 2.24) is 15.1 Å². The van der Waals surface area contributed by atoms with Crippen molar-refractivity contribution in [2.24, 2.45) is 7.05 Å². The van der Waals surface area contributed by atoms with Crippen molar-refractivity contribution in [3.8, 4) is 5.75 Å². The van der Waals surface area contributed by atoms with Crippen LogP contribution in [0.3, 0.4) is 0 Å². The third-order valence-electron chi connectivity index (χ3n) is 4.37. The van der Waals surface area contributed by atoms with Gasteiger partial charge < -0.3 is 15.4 Å². The van der Waals surface area contributed by atoms with Crippen molar-refractivity contribution >= 4 is 29.1 Å². The van der Waals surface area contributed by atoms with Crippen LogP contribution in [0.25, 0.3) is 0 Å². The van der Waals surface area contributed by atoms with Crippen molar-refractivity contribution in [3.05, 3.63) is 76.6 Å². The third-order valence-corrected chi connectivity index (χ3v) is 4.62. The summed E-state index contributed by atoms with van der Waals surface area (Å²) in [5, 5.41) is 10.3. The van der Waals surface area contributed by atoms with Crippen LogP contribution in [-0.4, -0.2) is 28.1 Å². The first-order valence-corrected chi connectivity index (χ1v) is 9.94. The Balaban J connectivity index is 1.62. The third kappa shape index (κ3) is 5.39. The van der Waals surface area contributed by atoms with Crippen LogP contribution in [0.15, 0.2) is 54.7 Å². The second kappa shape index (κ2) is 9.93. The zero-order chi connectivity index (χ0) is 21.5. The Hall–Kier alpha value is -3.32. The molecule has 3 aromatic rings. The minimum atomic E-state index is -0.322. The summed E-state index contributed by atoms with van der Waals surface area (Å²) in [4.78, 5) is 24.9. The number of benzene rings is 2. The van der Waals surface area contributed by atoms with Crippen LogP contribution in [-0.2, 0) is 13.7 Å². The molecule has 0 spiro atoms. The molecule has 0 fully saturated rings. The van der Waals surface area contributed by atoms with Crippen LogP contribution in [0.2, 0.25) is 5.02 Å². The number of nitrogens with one attached hydrogen (secondary N) is 2. The Bertz CT molecular complexity index is 1010. The van der Waals surface area contributed by atoms with Crippen LogP contribution >= 0.6 is 11.6 Å². The van der Waals surface area contributed by atoms with Crippen molar-refractivity contribution in [3.63, 3.8) is 0 Å². The highest BCUT2D eigenvalue weighted by Gasteiger charge is 2.18. The molecule has 0 bridgehead atoms.